The first kappa shape index (κ1) is 16.0. The van der Waals surface area contributed by atoms with Gasteiger partial charge in [-0.1, -0.05) is 42.5 Å². The molecule has 0 spiro atoms. The summed E-state index contributed by atoms with van der Waals surface area (Å²) in [5, 5.41) is 0.385. The molecule has 0 aliphatic carbocycles. The average molecular weight is 345 g/mol. The van der Waals surface area contributed by atoms with Gasteiger partial charge >= 0.3 is 0 Å². The van der Waals surface area contributed by atoms with Crippen LogP contribution in [0.5, 0.6) is 0 Å². The topological polar surface area (TPSA) is 50.1 Å². The fraction of sp³-hybridized carbons (Fsp3) is 0.0476. The molecule has 128 valence electrons. The Morgan fingerprint density at radius 3 is 2.62 bits per heavy atom. The number of H-pyrrole nitrogens is 1. The molecule has 1 N–H and O–H groups in total. The molecule has 0 saturated carbocycles. The molecule has 0 atom stereocenters. The number of benzene rings is 2. The molecule has 4 rings (SSSR count). The highest BCUT2D eigenvalue weighted by atomic mass is 19.1. The zero-order valence-corrected chi connectivity index (χ0v) is 13.9. The van der Waals surface area contributed by atoms with Crippen LogP contribution in [-0.2, 0) is 6.54 Å². The number of nitrogens with one attached hydrogen (secondary N) is 1. The minimum atomic E-state index is -0.436. The van der Waals surface area contributed by atoms with E-state index >= 15 is 0 Å². The Balaban J connectivity index is 1.71. The number of carbonyl (C=O) groups is 1. The third-order valence-electron chi connectivity index (χ3n) is 4.17. The van der Waals surface area contributed by atoms with Crippen molar-refractivity contribution in [3.63, 3.8) is 0 Å². The van der Waals surface area contributed by atoms with Crippen LogP contribution in [0.15, 0.2) is 84.0 Å². The highest BCUT2D eigenvalue weighted by Gasteiger charge is 2.11. The van der Waals surface area contributed by atoms with Crippen LogP contribution in [-0.4, -0.2) is 15.5 Å². The summed E-state index contributed by atoms with van der Waals surface area (Å²) in [4.78, 5) is 19.7. The summed E-state index contributed by atoms with van der Waals surface area (Å²) in [7, 11) is 0. The predicted molar refractivity (Wildman–Crippen MR) is 98.1 cm³/mol. The summed E-state index contributed by atoms with van der Waals surface area (Å²) >= 11 is 0. The second-order valence-electron chi connectivity index (χ2n) is 5.97. The summed E-state index contributed by atoms with van der Waals surface area (Å²) in [5.74, 6) is -0.801. The summed E-state index contributed by atoms with van der Waals surface area (Å²) in [6, 6.07) is 21.7. The Labute approximate surface area is 149 Å². The normalized spacial score (nSPS) is 11.8. The number of hydrogen-bond acceptors (Lipinski definition) is 1. The van der Waals surface area contributed by atoms with Crippen molar-refractivity contribution in [1.29, 1.82) is 0 Å². The van der Waals surface area contributed by atoms with Crippen molar-refractivity contribution in [2.24, 2.45) is 4.99 Å². The van der Waals surface area contributed by atoms with Crippen LogP contribution < -0.4 is 5.49 Å². The van der Waals surface area contributed by atoms with E-state index in [1.54, 1.807) is 18.2 Å². The molecule has 26 heavy (non-hydrogen) atoms. The van der Waals surface area contributed by atoms with Gasteiger partial charge in [0, 0.05) is 23.6 Å². The van der Waals surface area contributed by atoms with Gasteiger partial charge in [0.15, 0.2) is 0 Å². The van der Waals surface area contributed by atoms with E-state index in [9.17, 15) is 9.18 Å². The molecule has 4 nitrogen and oxygen atoms in total. The first-order chi connectivity index (χ1) is 12.7. The predicted octanol–water partition coefficient (Wildman–Crippen LogP) is 3.90. The quantitative estimate of drug-likeness (QED) is 0.601. The Morgan fingerprint density at radius 2 is 1.81 bits per heavy atom. The van der Waals surface area contributed by atoms with Gasteiger partial charge in [0.1, 0.15) is 17.0 Å². The van der Waals surface area contributed by atoms with E-state index in [1.165, 1.54) is 12.1 Å². The van der Waals surface area contributed by atoms with Crippen LogP contribution in [0, 0.1) is 5.82 Å². The number of halogens is 1. The molecule has 0 aliphatic heterocycles. The smallest absolute Gasteiger partial charge is 0.295 e. The van der Waals surface area contributed by atoms with Crippen LogP contribution in [0.3, 0.4) is 0 Å². The Morgan fingerprint density at radius 1 is 1.00 bits per heavy atom. The fourth-order valence-electron chi connectivity index (χ4n) is 2.88. The van der Waals surface area contributed by atoms with E-state index < -0.39 is 5.91 Å². The van der Waals surface area contributed by atoms with Crippen LogP contribution in [0.1, 0.15) is 16.1 Å². The van der Waals surface area contributed by atoms with Crippen LogP contribution in [0.4, 0.5) is 4.39 Å². The largest absolute Gasteiger partial charge is 0.350 e. The maximum Gasteiger partial charge on any atom is 0.295 e. The maximum absolute atomic E-state index is 13.8. The van der Waals surface area contributed by atoms with Gasteiger partial charge in [-0.2, -0.15) is 4.99 Å². The molecule has 0 saturated heterocycles. The second kappa shape index (κ2) is 6.80. The number of pyridine rings is 1. The maximum atomic E-state index is 13.8. The minimum Gasteiger partial charge on any atom is -0.350 e. The number of aromatic amines is 1. The van der Waals surface area contributed by atoms with Gasteiger partial charge in [-0.3, -0.25) is 4.79 Å². The van der Waals surface area contributed by atoms with Gasteiger partial charge in [-0.25, -0.2) is 4.39 Å². The van der Waals surface area contributed by atoms with Crippen molar-refractivity contribution < 1.29 is 9.18 Å². The lowest BCUT2D eigenvalue weighted by atomic mass is 10.2. The lowest BCUT2D eigenvalue weighted by molar-refractivity contribution is 0.0993. The third kappa shape index (κ3) is 3.19. The number of fused-ring (bicyclic) bond motifs is 1. The second-order valence-corrected chi connectivity index (χ2v) is 5.97. The molecule has 2 aromatic heterocycles. The molecule has 4 aromatic rings. The Bertz CT molecular complexity index is 1140. The first-order valence-electron chi connectivity index (χ1n) is 8.26. The first-order valence-corrected chi connectivity index (χ1v) is 8.26. The molecule has 0 fully saturated rings. The van der Waals surface area contributed by atoms with Gasteiger partial charge in [-0.05, 0) is 35.9 Å². The monoisotopic (exact) mass is 345 g/mol. The molecule has 0 unspecified atom stereocenters. The molecule has 0 radical (unpaired) electrons. The highest BCUT2D eigenvalue weighted by molar-refractivity contribution is 5.98. The molecule has 5 heteroatoms. The van der Waals surface area contributed by atoms with Gasteiger partial charge in [-0.15, -0.1) is 0 Å². The fourth-order valence-corrected chi connectivity index (χ4v) is 2.88. The zero-order valence-electron chi connectivity index (χ0n) is 13.9. The summed E-state index contributed by atoms with van der Waals surface area (Å²) in [5.41, 5.74) is 2.50. The Hall–Kier alpha value is -3.47. The van der Waals surface area contributed by atoms with Crippen molar-refractivity contribution in [1.82, 2.24) is 9.55 Å². The molecule has 0 bridgehead atoms. The summed E-state index contributed by atoms with van der Waals surface area (Å²) in [6.07, 6.45) is 1.88. The van der Waals surface area contributed by atoms with Crippen molar-refractivity contribution >= 4 is 16.8 Å². The molecule has 0 aliphatic rings. The van der Waals surface area contributed by atoms with E-state index in [2.05, 4.69) is 9.98 Å². The van der Waals surface area contributed by atoms with Crippen molar-refractivity contribution in [3.8, 4) is 0 Å². The van der Waals surface area contributed by atoms with Gasteiger partial charge in [0.25, 0.3) is 5.91 Å². The van der Waals surface area contributed by atoms with Crippen LogP contribution >= 0.6 is 0 Å². The average Bonchev–Trinajstić information content (AvgIpc) is 3.10. The molecular weight excluding hydrogens is 329 g/mol. The number of aromatic nitrogens is 2. The van der Waals surface area contributed by atoms with Crippen LogP contribution in [0.25, 0.3) is 10.9 Å². The highest BCUT2D eigenvalue weighted by Crippen LogP contribution is 2.18. The van der Waals surface area contributed by atoms with E-state index in [1.807, 2.05) is 53.2 Å². The van der Waals surface area contributed by atoms with Crippen molar-refractivity contribution in [2.75, 3.05) is 0 Å². The molecule has 2 heterocycles. The SMILES string of the molecule is O=C(N=c1ccccn1Cc1ccccc1)c1cc2c(F)cccc2[nH]1. The summed E-state index contributed by atoms with van der Waals surface area (Å²) < 4.78 is 15.7. The van der Waals surface area contributed by atoms with E-state index in [4.69, 9.17) is 0 Å². The summed E-state index contributed by atoms with van der Waals surface area (Å²) in [6.45, 7) is 0.606. The number of amides is 1. The van der Waals surface area contributed by atoms with Crippen molar-refractivity contribution in [3.05, 3.63) is 102 Å². The van der Waals surface area contributed by atoms with E-state index in [0.717, 1.165) is 5.56 Å². The van der Waals surface area contributed by atoms with Gasteiger partial charge in [0.2, 0.25) is 0 Å². The lowest BCUT2D eigenvalue weighted by Crippen LogP contribution is -2.22. The Kier molecular flexibility index (Phi) is 4.19. The standard InChI is InChI=1S/C21H16FN3O/c22-17-9-6-10-18-16(17)13-19(23-18)21(26)24-20-11-4-5-12-25(20)14-15-7-2-1-3-8-15/h1-13,23H,14H2. The van der Waals surface area contributed by atoms with Gasteiger partial charge in [0.05, 0.1) is 0 Å². The molecule has 1 amide bonds. The minimum absolute atomic E-state index is 0.264. The zero-order chi connectivity index (χ0) is 17.9. The number of carbonyl (C=O) groups excluding carboxylic acids is 1. The number of rotatable bonds is 3. The van der Waals surface area contributed by atoms with Crippen LogP contribution in [0.2, 0.25) is 0 Å². The molecule has 2 aromatic carbocycles. The van der Waals surface area contributed by atoms with Gasteiger partial charge < -0.3 is 9.55 Å². The molecular formula is C21H16FN3O. The third-order valence-corrected chi connectivity index (χ3v) is 4.17. The lowest BCUT2D eigenvalue weighted by Gasteiger charge is -2.07. The number of nitrogens with zero attached hydrogens (tertiary/aromatic N) is 2. The van der Waals surface area contributed by atoms with E-state index in [0.29, 0.717) is 22.9 Å². The van der Waals surface area contributed by atoms with Crippen molar-refractivity contribution in [2.45, 2.75) is 6.54 Å². The number of hydrogen-bond donors (Lipinski definition) is 1. The van der Waals surface area contributed by atoms with E-state index in [-0.39, 0.29) is 11.5 Å².